The van der Waals surface area contributed by atoms with E-state index in [0.717, 1.165) is 3.57 Å². The number of nitro benzene ring substituents is 1. The zero-order chi connectivity index (χ0) is 19.8. The largest absolute Gasteiger partial charge is 0.493 e. The van der Waals surface area contributed by atoms with Crippen molar-refractivity contribution >= 4 is 40.4 Å². The van der Waals surface area contributed by atoms with Crippen molar-refractivity contribution in [2.45, 2.75) is 0 Å². The summed E-state index contributed by atoms with van der Waals surface area (Å²) in [6.45, 7) is 3.95. The fourth-order valence-corrected chi connectivity index (χ4v) is 2.87. The molecule has 0 saturated carbocycles. The lowest BCUT2D eigenvalue weighted by atomic mass is 10.2. The van der Waals surface area contributed by atoms with Crippen molar-refractivity contribution in [3.63, 3.8) is 0 Å². The highest BCUT2D eigenvalue weighted by Gasteiger charge is 2.12. The number of rotatable bonds is 8. The SMILES string of the molecule is C=CCOc1c(I)cc(/C=N\NC(=O)c2cccc([N+](=O)[O-])c2)cc1OC. The molecule has 27 heavy (non-hydrogen) atoms. The highest BCUT2D eigenvalue weighted by molar-refractivity contribution is 14.1. The number of methoxy groups -OCH3 is 1. The van der Waals surface area contributed by atoms with E-state index in [9.17, 15) is 14.9 Å². The molecule has 0 heterocycles. The Morgan fingerprint density at radius 1 is 1.41 bits per heavy atom. The summed E-state index contributed by atoms with van der Waals surface area (Å²) in [6, 6.07) is 8.92. The molecule has 2 aromatic rings. The maximum Gasteiger partial charge on any atom is 0.271 e. The summed E-state index contributed by atoms with van der Waals surface area (Å²) in [7, 11) is 1.52. The molecule has 9 heteroatoms. The van der Waals surface area contributed by atoms with E-state index in [1.165, 1.54) is 37.6 Å². The van der Waals surface area contributed by atoms with Crippen LogP contribution in [0.4, 0.5) is 5.69 Å². The predicted octanol–water partition coefficient (Wildman–Crippen LogP) is 3.54. The van der Waals surface area contributed by atoms with E-state index < -0.39 is 10.8 Å². The normalized spacial score (nSPS) is 10.4. The minimum atomic E-state index is -0.565. The molecule has 0 spiro atoms. The zero-order valence-corrected chi connectivity index (χ0v) is 16.5. The standard InChI is InChI=1S/C18H16IN3O5/c1-3-7-27-17-15(19)8-12(9-16(17)26-2)11-20-21-18(23)13-5-4-6-14(10-13)22(24)25/h3-6,8-11H,1,7H2,2H3,(H,21,23)/b20-11-. The number of hydrogen-bond donors (Lipinski definition) is 1. The van der Waals surface area contributed by atoms with Crippen LogP contribution in [0.3, 0.4) is 0 Å². The Hall–Kier alpha value is -2.95. The second-order valence-electron chi connectivity index (χ2n) is 5.14. The number of amides is 1. The molecule has 0 atom stereocenters. The van der Waals surface area contributed by atoms with Crippen molar-refractivity contribution in [3.8, 4) is 11.5 Å². The van der Waals surface area contributed by atoms with E-state index in [-0.39, 0.29) is 11.3 Å². The number of non-ortho nitro benzene ring substituents is 1. The minimum Gasteiger partial charge on any atom is -0.493 e. The summed E-state index contributed by atoms with van der Waals surface area (Å²) in [4.78, 5) is 22.3. The lowest BCUT2D eigenvalue weighted by Gasteiger charge is -2.12. The number of halogens is 1. The molecular weight excluding hydrogens is 465 g/mol. The smallest absolute Gasteiger partial charge is 0.271 e. The highest BCUT2D eigenvalue weighted by atomic mass is 127. The molecule has 0 saturated heterocycles. The summed E-state index contributed by atoms with van der Waals surface area (Å²) in [5, 5.41) is 14.7. The average molecular weight is 481 g/mol. The van der Waals surface area contributed by atoms with Crippen molar-refractivity contribution in [3.05, 3.63) is 73.9 Å². The Morgan fingerprint density at radius 2 is 2.19 bits per heavy atom. The van der Waals surface area contributed by atoms with Crippen LogP contribution >= 0.6 is 22.6 Å². The van der Waals surface area contributed by atoms with E-state index >= 15 is 0 Å². The number of nitrogens with one attached hydrogen (secondary N) is 1. The first kappa shape index (κ1) is 20.4. The van der Waals surface area contributed by atoms with Crippen LogP contribution in [-0.4, -0.2) is 30.8 Å². The summed E-state index contributed by atoms with van der Waals surface area (Å²) in [6.07, 6.45) is 3.07. The third-order valence-electron chi connectivity index (χ3n) is 3.30. The van der Waals surface area contributed by atoms with E-state index in [2.05, 4.69) is 39.7 Å². The second kappa shape index (κ2) is 9.67. The van der Waals surface area contributed by atoms with Crippen LogP contribution in [0.5, 0.6) is 11.5 Å². The quantitative estimate of drug-likeness (QED) is 0.204. The van der Waals surface area contributed by atoms with Gasteiger partial charge in [0.1, 0.15) is 6.61 Å². The van der Waals surface area contributed by atoms with Crippen molar-refractivity contribution in [1.29, 1.82) is 0 Å². The van der Waals surface area contributed by atoms with E-state index in [1.807, 2.05) is 6.07 Å². The molecule has 140 valence electrons. The molecule has 0 fully saturated rings. The van der Waals surface area contributed by atoms with Gasteiger partial charge in [0.15, 0.2) is 11.5 Å². The lowest BCUT2D eigenvalue weighted by Crippen LogP contribution is -2.17. The van der Waals surface area contributed by atoms with Gasteiger partial charge in [0.2, 0.25) is 0 Å². The Morgan fingerprint density at radius 3 is 2.85 bits per heavy atom. The van der Waals surface area contributed by atoms with Gasteiger partial charge < -0.3 is 9.47 Å². The molecule has 2 aromatic carbocycles. The molecule has 2 rings (SSSR count). The van der Waals surface area contributed by atoms with Gasteiger partial charge in [-0.25, -0.2) is 5.43 Å². The lowest BCUT2D eigenvalue weighted by molar-refractivity contribution is -0.384. The van der Waals surface area contributed by atoms with Crippen LogP contribution in [0.2, 0.25) is 0 Å². The molecule has 1 amide bonds. The molecule has 0 radical (unpaired) electrons. The number of hydrazone groups is 1. The minimum absolute atomic E-state index is 0.140. The summed E-state index contributed by atoms with van der Waals surface area (Å²) >= 11 is 2.11. The van der Waals surface area contributed by atoms with Crippen molar-refractivity contribution in [2.24, 2.45) is 5.10 Å². The third kappa shape index (κ3) is 5.51. The fraction of sp³-hybridized carbons (Fsp3) is 0.111. The first-order chi connectivity index (χ1) is 13.0. The number of ether oxygens (including phenoxy) is 2. The van der Waals surface area contributed by atoms with Gasteiger partial charge in [-0.05, 0) is 46.4 Å². The molecule has 0 aliphatic heterocycles. The molecule has 0 bridgehead atoms. The maximum absolute atomic E-state index is 12.1. The van der Waals surface area contributed by atoms with Gasteiger partial charge in [-0.3, -0.25) is 14.9 Å². The maximum atomic E-state index is 12.1. The summed E-state index contributed by atoms with van der Waals surface area (Å²) < 4.78 is 11.7. The summed E-state index contributed by atoms with van der Waals surface area (Å²) in [5.74, 6) is 0.563. The van der Waals surface area contributed by atoms with Crippen molar-refractivity contribution in [2.75, 3.05) is 13.7 Å². The van der Waals surface area contributed by atoms with Gasteiger partial charge >= 0.3 is 0 Å². The topological polar surface area (TPSA) is 103 Å². The molecule has 1 N–H and O–H groups in total. The Bertz CT molecular complexity index is 899. The Labute approximate surface area is 169 Å². The Kier molecular flexibility index (Phi) is 7.29. The number of carbonyl (C=O) groups is 1. The molecular formula is C18H16IN3O5. The molecule has 8 nitrogen and oxygen atoms in total. The molecule has 0 aromatic heterocycles. The van der Waals surface area contributed by atoms with Crippen LogP contribution < -0.4 is 14.9 Å². The average Bonchev–Trinajstić information content (AvgIpc) is 2.66. The number of hydrogen-bond acceptors (Lipinski definition) is 6. The number of nitrogens with zero attached hydrogens (tertiary/aromatic N) is 2. The number of nitro groups is 1. The van der Waals surface area contributed by atoms with Gasteiger partial charge in [-0.15, -0.1) is 0 Å². The fourth-order valence-electron chi connectivity index (χ4n) is 2.09. The van der Waals surface area contributed by atoms with Gasteiger partial charge in [0, 0.05) is 17.7 Å². The van der Waals surface area contributed by atoms with Gasteiger partial charge in [0.05, 0.1) is 21.8 Å². The Balaban J connectivity index is 2.12. The predicted molar refractivity (Wildman–Crippen MR) is 110 cm³/mol. The number of benzene rings is 2. The van der Waals surface area contributed by atoms with E-state index in [4.69, 9.17) is 9.47 Å². The molecule has 0 aliphatic carbocycles. The first-order valence-corrected chi connectivity index (χ1v) is 8.73. The van der Waals surface area contributed by atoms with Gasteiger partial charge in [-0.2, -0.15) is 5.10 Å². The molecule has 0 unspecified atom stereocenters. The molecule has 0 aliphatic rings. The van der Waals surface area contributed by atoms with Crippen LogP contribution in [0.15, 0.2) is 54.2 Å². The van der Waals surface area contributed by atoms with E-state index in [1.54, 1.807) is 12.1 Å². The highest BCUT2D eigenvalue weighted by Crippen LogP contribution is 2.33. The monoisotopic (exact) mass is 481 g/mol. The van der Waals surface area contributed by atoms with Crippen LogP contribution in [0.1, 0.15) is 15.9 Å². The van der Waals surface area contributed by atoms with Crippen LogP contribution in [0.25, 0.3) is 0 Å². The van der Waals surface area contributed by atoms with Crippen LogP contribution in [0, 0.1) is 13.7 Å². The van der Waals surface area contributed by atoms with Gasteiger partial charge in [-0.1, -0.05) is 18.7 Å². The third-order valence-corrected chi connectivity index (χ3v) is 4.10. The van der Waals surface area contributed by atoms with E-state index in [0.29, 0.717) is 23.7 Å². The van der Waals surface area contributed by atoms with Crippen molar-refractivity contribution in [1.82, 2.24) is 5.43 Å². The van der Waals surface area contributed by atoms with Gasteiger partial charge in [0.25, 0.3) is 11.6 Å². The second-order valence-corrected chi connectivity index (χ2v) is 6.30. The first-order valence-electron chi connectivity index (χ1n) is 7.65. The summed E-state index contributed by atoms with van der Waals surface area (Å²) in [5.41, 5.74) is 3.00. The zero-order valence-electron chi connectivity index (χ0n) is 14.3. The van der Waals surface area contributed by atoms with Crippen LogP contribution in [-0.2, 0) is 0 Å². The van der Waals surface area contributed by atoms with Crippen molar-refractivity contribution < 1.29 is 19.2 Å². The number of carbonyl (C=O) groups excluding carboxylic acids is 1.